The summed E-state index contributed by atoms with van der Waals surface area (Å²) in [4.78, 5) is 5.03. The van der Waals surface area contributed by atoms with Crippen LogP contribution in [-0.4, -0.2) is 16.6 Å². The molecule has 0 atom stereocenters. The van der Waals surface area contributed by atoms with Crippen molar-refractivity contribution in [1.82, 2.24) is 4.98 Å². The van der Waals surface area contributed by atoms with E-state index in [1.54, 1.807) is 11.8 Å². The Kier molecular flexibility index (Phi) is 5.76. The number of nitrogens with zero attached hydrogens (tertiary/aromatic N) is 1. The minimum absolute atomic E-state index is 0.673. The van der Waals surface area contributed by atoms with E-state index in [4.69, 9.17) is 16.6 Å². The SMILES string of the molecule is ClCCCSc1nc2ccccc2c(-c2ccccc2)c1-c1ccccc1. The molecule has 0 aliphatic heterocycles. The maximum absolute atomic E-state index is 5.91. The third-order valence-corrected chi connectivity index (χ3v) is 5.83. The van der Waals surface area contributed by atoms with Gasteiger partial charge in [0, 0.05) is 28.1 Å². The Bertz CT molecular complexity index is 1030. The molecule has 0 unspecified atom stereocenters. The van der Waals surface area contributed by atoms with Crippen LogP contribution in [0.4, 0.5) is 0 Å². The number of benzene rings is 3. The number of fused-ring (bicyclic) bond motifs is 1. The number of halogens is 1. The second kappa shape index (κ2) is 8.60. The Balaban J connectivity index is 2.03. The van der Waals surface area contributed by atoms with Crippen molar-refractivity contribution in [1.29, 1.82) is 0 Å². The van der Waals surface area contributed by atoms with Crippen molar-refractivity contribution in [3.63, 3.8) is 0 Å². The number of alkyl halides is 1. The number of pyridine rings is 1. The summed E-state index contributed by atoms with van der Waals surface area (Å²) in [6.45, 7) is 0. The fourth-order valence-corrected chi connectivity index (χ4v) is 4.60. The summed E-state index contributed by atoms with van der Waals surface area (Å²) in [6, 6.07) is 29.6. The quantitative estimate of drug-likeness (QED) is 0.195. The molecule has 0 radical (unpaired) electrons. The Morgan fingerprint density at radius 3 is 1.96 bits per heavy atom. The molecule has 0 fully saturated rings. The molecular formula is C24H20ClNS. The standard InChI is InChI=1S/C24H20ClNS/c25-16-9-17-27-24-23(19-12-5-2-6-13-19)22(18-10-3-1-4-11-18)20-14-7-8-15-21(20)26-24/h1-8,10-15H,9,16-17H2. The molecule has 0 N–H and O–H groups in total. The van der Waals surface area contributed by atoms with E-state index in [0.29, 0.717) is 5.88 Å². The number of rotatable bonds is 6. The fraction of sp³-hybridized carbons (Fsp3) is 0.125. The van der Waals surface area contributed by atoms with Gasteiger partial charge in [0.15, 0.2) is 0 Å². The van der Waals surface area contributed by atoms with Crippen molar-refractivity contribution < 1.29 is 0 Å². The summed E-state index contributed by atoms with van der Waals surface area (Å²) in [5.41, 5.74) is 5.90. The van der Waals surface area contributed by atoms with Gasteiger partial charge in [-0.15, -0.1) is 23.4 Å². The molecule has 0 spiro atoms. The van der Waals surface area contributed by atoms with Crippen molar-refractivity contribution in [3.8, 4) is 22.3 Å². The Morgan fingerprint density at radius 2 is 1.30 bits per heavy atom. The Labute approximate surface area is 169 Å². The largest absolute Gasteiger partial charge is 0.241 e. The van der Waals surface area contributed by atoms with E-state index < -0.39 is 0 Å². The summed E-state index contributed by atoms with van der Waals surface area (Å²) >= 11 is 7.71. The van der Waals surface area contributed by atoms with Crippen LogP contribution >= 0.6 is 23.4 Å². The molecule has 1 heterocycles. The lowest BCUT2D eigenvalue weighted by molar-refractivity contribution is 1.10. The van der Waals surface area contributed by atoms with Gasteiger partial charge in [0.2, 0.25) is 0 Å². The van der Waals surface area contributed by atoms with Gasteiger partial charge in [-0.25, -0.2) is 4.98 Å². The van der Waals surface area contributed by atoms with Crippen LogP contribution in [0.25, 0.3) is 33.2 Å². The summed E-state index contributed by atoms with van der Waals surface area (Å²) in [7, 11) is 0. The Morgan fingerprint density at radius 1 is 0.704 bits per heavy atom. The lowest BCUT2D eigenvalue weighted by atomic mass is 9.92. The molecule has 0 aliphatic rings. The fourth-order valence-electron chi connectivity index (χ4n) is 3.29. The van der Waals surface area contributed by atoms with Gasteiger partial charge in [-0.05, 0) is 23.6 Å². The van der Waals surface area contributed by atoms with Gasteiger partial charge in [-0.2, -0.15) is 0 Å². The van der Waals surface area contributed by atoms with Gasteiger partial charge in [0.1, 0.15) is 5.03 Å². The van der Waals surface area contributed by atoms with Crippen molar-refractivity contribution in [2.24, 2.45) is 0 Å². The number of aromatic nitrogens is 1. The van der Waals surface area contributed by atoms with Crippen molar-refractivity contribution >= 4 is 34.3 Å². The van der Waals surface area contributed by atoms with Crippen molar-refractivity contribution in [3.05, 3.63) is 84.9 Å². The molecule has 134 valence electrons. The van der Waals surface area contributed by atoms with Gasteiger partial charge in [-0.1, -0.05) is 78.9 Å². The highest BCUT2D eigenvalue weighted by Gasteiger charge is 2.18. The molecule has 0 saturated carbocycles. The average Bonchev–Trinajstić information content (AvgIpc) is 2.74. The average molecular weight is 390 g/mol. The number of hydrogen-bond donors (Lipinski definition) is 0. The van der Waals surface area contributed by atoms with E-state index in [1.807, 2.05) is 0 Å². The molecule has 1 aromatic heterocycles. The third kappa shape index (κ3) is 3.87. The number of thioether (sulfide) groups is 1. The van der Waals surface area contributed by atoms with Crippen LogP contribution in [0, 0.1) is 0 Å². The zero-order valence-electron chi connectivity index (χ0n) is 14.9. The molecule has 0 aliphatic carbocycles. The van der Waals surface area contributed by atoms with Gasteiger partial charge >= 0.3 is 0 Å². The summed E-state index contributed by atoms with van der Waals surface area (Å²) in [6.07, 6.45) is 0.968. The van der Waals surface area contributed by atoms with Gasteiger partial charge in [-0.3, -0.25) is 0 Å². The lowest BCUT2D eigenvalue weighted by Crippen LogP contribution is -1.96. The first-order valence-corrected chi connectivity index (χ1v) is 10.6. The van der Waals surface area contributed by atoms with E-state index >= 15 is 0 Å². The van der Waals surface area contributed by atoms with Gasteiger partial charge < -0.3 is 0 Å². The van der Waals surface area contributed by atoms with E-state index in [2.05, 4.69) is 84.9 Å². The summed E-state index contributed by atoms with van der Waals surface area (Å²) < 4.78 is 0. The molecule has 4 rings (SSSR count). The normalized spacial score (nSPS) is 11.0. The molecule has 0 amide bonds. The molecule has 1 nitrogen and oxygen atoms in total. The van der Waals surface area contributed by atoms with Crippen LogP contribution < -0.4 is 0 Å². The van der Waals surface area contributed by atoms with Crippen LogP contribution in [0.2, 0.25) is 0 Å². The molecule has 3 heteroatoms. The first-order chi connectivity index (χ1) is 13.4. The molecule has 4 aromatic rings. The lowest BCUT2D eigenvalue weighted by Gasteiger charge is -2.17. The smallest absolute Gasteiger partial charge is 0.105 e. The molecule has 27 heavy (non-hydrogen) atoms. The Hall–Kier alpha value is -2.29. The van der Waals surface area contributed by atoms with Gasteiger partial charge in [0.05, 0.1) is 5.52 Å². The van der Waals surface area contributed by atoms with E-state index in [1.165, 1.54) is 27.6 Å². The molecule has 0 saturated heterocycles. The minimum Gasteiger partial charge on any atom is -0.241 e. The van der Waals surface area contributed by atoms with Crippen LogP contribution in [0.15, 0.2) is 90.0 Å². The zero-order valence-corrected chi connectivity index (χ0v) is 16.5. The first kappa shape index (κ1) is 18.1. The first-order valence-electron chi connectivity index (χ1n) is 9.11. The molecular weight excluding hydrogens is 370 g/mol. The van der Waals surface area contributed by atoms with E-state index in [9.17, 15) is 0 Å². The van der Waals surface area contributed by atoms with Crippen LogP contribution in [0.3, 0.4) is 0 Å². The maximum Gasteiger partial charge on any atom is 0.105 e. The second-order valence-corrected chi connectivity index (χ2v) is 7.77. The summed E-state index contributed by atoms with van der Waals surface area (Å²) in [5, 5.41) is 2.26. The monoisotopic (exact) mass is 389 g/mol. The molecule has 3 aromatic carbocycles. The highest BCUT2D eigenvalue weighted by Crippen LogP contribution is 2.42. The summed E-state index contributed by atoms with van der Waals surface area (Å²) in [5.74, 6) is 1.63. The predicted octanol–water partition coefficient (Wildman–Crippen LogP) is 7.29. The van der Waals surface area contributed by atoms with Crippen LogP contribution in [0.1, 0.15) is 6.42 Å². The maximum atomic E-state index is 5.91. The minimum atomic E-state index is 0.673. The van der Waals surface area contributed by atoms with Crippen LogP contribution in [0.5, 0.6) is 0 Å². The predicted molar refractivity (Wildman–Crippen MR) is 119 cm³/mol. The van der Waals surface area contributed by atoms with Crippen molar-refractivity contribution in [2.75, 3.05) is 11.6 Å². The third-order valence-electron chi connectivity index (χ3n) is 4.50. The van der Waals surface area contributed by atoms with Crippen LogP contribution in [-0.2, 0) is 0 Å². The van der Waals surface area contributed by atoms with E-state index in [-0.39, 0.29) is 0 Å². The molecule has 0 bridgehead atoms. The second-order valence-electron chi connectivity index (χ2n) is 6.31. The highest BCUT2D eigenvalue weighted by molar-refractivity contribution is 7.99. The zero-order chi connectivity index (χ0) is 18.5. The topological polar surface area (TPSA) is 12.9 Å². The van der Waals surface area contributed by atoms with Gasteiger partial charge in [0.25, 0.3) is 0 Å². The number of para-hydroxylation sites is 1. The number of hydrogen-bond acceptors (Lipinski definition) is 2. The van der Waals surface area contributed by atoms with E-state index in [0.717, 1.165) is 22.7 Å². The highest BCUT2D eigenvalue weighted by atomic mass is 35.5. The van der Waals surface area contributed by atoms with Crippen molar-refractivity contribution in [2.45, 2.75) is 11.4 Å².